The third-order valence-electron chi connectivity index (χ3n) is 2.78. The predicted octanol–water partition coefficient (Wildman–Crippen LogP) is 2.21. The summed E-state index contributed by atoms with van der Waals surface area (Å²) in [5.41, 5.74) is 1.09. The molecule has 20 heavy (non-hydrogen) atoms. The van der Waals surface area contributed by atoms with Crippen molar-refractivity contribution in [3.8, 4) is 11.5 Å². The lowest BCUT2D eigenvalue weighted by molar-refractivity contribution is 0.0953. The molecule has 2 rings (SSSR count). The SMILES string of the molecule is O=C(NCCc1ccc(F)cc1)c1cc(O)cc(O)c1. The zero-order chi connectivity index (χ0) is 14.5. The fourth-order valence-corrected chi connectivity index (χ4v) is 1.80. The molecular formula is C15H14FNO3. The number of halogens is 1. The standard InChI is InChI=1S/C15H14FNO3/c16-12-3-1-10(2-4-12)5-6-17-15(20)11-7-13(18)9-14(19)8-11/h1-4,7-9,18-19H,5-6H2,(H,17,20). The number of rotatable bonds is 4. The van der Waals surface area contributed by atoms with Gasteiger partial charge in [0, 0.05) is 18.2 Å². The summed E-state index contributed by atoms with van der Waals surface area (Å²) in [6.07, 6.45) is 0.566. The minimum Gasteiger partial charge on any atom is -0.508 e. The summed E-state index contributed by atoms with van der Waals surface area (Å²) in [6.45, 7) is 0.376. The summed E-state index contributed by atoms with van der Waals surface area (Å²) >= 11 is 0. The number of hydrogen-bond donors (Lipinski definition) is 3. The highest BCUT2D eigenvalue weighted by atomic mass is 19.1. The number of benzene rings is 2. The van der Waals surface area contributed by atoms with Crippen LogP contribution < -0.4 is 5.32 Å². The van der Waals surface area contributed by atoms with Gasteiger partial charge in [0.05, 0.1) is 0 Å². The topological polar surface area (TPSA) is 69.6 Å². The van der Waals surface area contributed by atoms with Gasteiger partial charge in [-0.15, -0.1) is 0 Å². The number of amides is 1. The Morgan fingerprint density at radius 1 is 1.05 bits per heavy atom. The first kappa shape index (κ1) is 13.9. The van der Waals surface area contributed by atoms with Crippen LogP contribution in [0, 0.1) is 5.82 Å². The fourth-order valence-electron chi connectivity index (χ4n) is 1.80. The van der Waals surface area contributed by atoms with Crippen molar-refractivity contribution in [2.45, 2.75) is 6.42 Å². The third-order valence-corrected chi connectivity index (χ3v) is 2.78. The van der Waals surface area contributed by atoms with E-state index in [0.29, 0.717) is 13.0 Å². The molecule has 0 saturated carbocycles. The highest BCUT2D eigenvalue weighted by molar-refractivity contribution is 5.95. The zero-order valence-electron chi connectivity index (χ0n) is 10.6. The number of nitrogens with one attached hydrogen (secondary N) is 1. The van der Waals surface area contributed by atoms with E-state index < -0.39 is 5.91 Å². The number of aromatic hydroxyl groups is 2. The maximum Gasteiger partial charge on any atom is 0.251 e. The monoisotopic (exact) mass is 275 g/mol. The van der Waals surface area contributed by atoms with Crippen LogP contribution in [0.2, 0.25) is 0 Å². The molecule has 0 aromatic heterocycles. The lowest BCUT2D eigenvalue weighted by Gasteiger charge is -2.06. The Morgan fingerprint density at radius 2 is 1.65 bits per heavy atom. The summed E-state index contributed by atoms with van der Waals surface area (Å²) in [7, 11) is 0. The Balaban J connectivity index is 1.90. The number of hydrogen-bond acceptors (Lipinski definition) is 3. The molecule has 0 radical (unpaired) electrons. The van der Waals surface area contributed by atoms with E-state index >= 15 is 0 Å². The summed E-state index contributed by atoms with van der Waals surface area (Å²) in [6, 6.07) is 9.73. The van der Waals surface area contributed by atoms with Gasteiger partial charge in [-0.1, -0.05) is 12.1 Å². The Bertz CT molecular complexity index is 591. The molecular weight excluding hydrogens is 261 g/mol. The molecule has 0 aliphatic heterocycles. The van der Waals surface area contributed by atoms with Gasteiger partial charge in [-0.2, -0.15) is 0 Å². The minimum absolute atomic E-state index is 0.173. The molecule has 2 aromatic carbocycles. The van der Waals surface area contributed by atoms with Crippen LogP contribution in [0.4, 0.5) is 4.39 Å². The van der Waals surface area contributed by atoms with Crippen LogP contribution in [0.5, 0.6) is 11.5 Å². The summed E-state index contributed by atoms with van der Waals surface area (Å²) < 4.78 is 12.7. The van der Waals surface area contributed by atoms with Crippen LogP contribution in [0.1, 0.15) is 15.9 Å². The van der Waals surface area contributed by atoms with E-state index in [0.717, 1.165) is 11.6 Å². The van der Waals surface area contributed by atoms with Crippen LogP contribution in [0.25, 0.3) is 0 Å². The lowest BCUT2D eigenvalue weighted by atomic mass is 10.1. The second-order valence-electron chi connectivity index (χ2n) is 4.37. The second-order valence-corrected chi connectivity index (χ2v) is 4.37. The normalized spacial score (nSPS) is 10.2. The van der Waals surface area contributed by atoms with Crippen LogP contribution in [-0.2, 0) is 6.42 Å². The van der Waals surface area contributed by atoms with E-state index in [2.05, 4.69) is 5.32 Å². The first-order valence-corrected chi connectivity index (χ1v) is 6.10. The number of carbonyl (C=O) groups excluding carboxylic acids is 1. The smallest absolute Gasteiger partial charge is 0.251 e. The van der Waals surface area contributed by atoms with Gasteiger partial charge in [0.25, 0.3) is 5.91 Å². The first-order valence-electron chi connectivity index (χ1n) is 6.10. The van der Waals surface area contributed by atoms with Crippen molar-refractivity contribution in [3.63, 3.8) is 0 Å². The average molecular weight is 275 g/mol. The van der Waals surface area contributed by atoms with Gasteiger partial charge in [0.2, 0.25) is 0 Å². The van der Waals surface area contributed by atoms with Crippen molar-refractivity contribution in [3.05, 3.63) is 59.4 Å². The molecule has 0 atom stereocenters. The highest BCUT2D eigenvalue weighted by Crippen LogP contribution is 2.20. The van der Waals surface area contributed by atoms with Gasteiger partial charge < -0.3 is 15.5 Å². The van der Waals surface area contributed by atoms with Crippen LogP contribution in [-0.4, -0.2) is 22.7 Å². The fraction of sp³-hybridized carbons (Fsp3) is 0.133. The van der Waals surface area contributed by atoms with Crippen molar-refractivity contribution in [1.29, 1.82) is 0 Å². The maximum atomic E-state index is 12.7. The summed E-state index contributed by atoms with van der Waals surface area (Å²) in [4.78, 5) is 11.8. The molecule has 0 bridgehead atoms. The van der Waals surface area contributed by atoms with E-state index in [9.17, 15) is 19.4 Å². The van der Waals surface area contributed by atoms with E-state index in [1.54, 1.807) is 12.1 Å². The number of phenols is 2. The third kappa shape index (κ3) is 3.71. The molecule has 2 aromatic rings. The van der Waals surface area contributed by atoms with Gasteiger partial charge in [-0.05, 0) is 36.2 Å². The highest BCUT2D eigenvalue weighted by Gasteiger charge is 2.07. The molecule has 0 unspecified atom stereocenters. The Labute approximate surface area is 115 Å². The van der Waals surface area contributed by atoms with E-state index in [4.69, 9.17) is 0 Å². The lowest BCUT2D eigenvalue weighted by Crippen LogP contribution is -2.25. The predicted molar refractivity (Wildman–Crippen MR) is 72.2 cm³/mol. The number of phenolic OH excluding ortho intramolecular Hbond substituents is 2. The van der Waals surface area contributed by atoms with Crippen molar-refractivity contribution in [2.24, 2.45) is 0 Å². The molecule has 104 valence electrons. The Hall–Kier alpha value is -2.56. The summed E-state index contributed by atoms with van der Waals surface area (Å²) in [5, 5.41) is 21.3. The van der Waals surface area contributed by atoms with Crippen molar-refractivity contribution in [2.75, 3.05) is 6.54 Å². The minimum atomic E-state index is -0.390. The van der Waals surface area contributed by atoms with Gasteiger partial charge in [-0.25, -0.2) is 4.39 Å². The molecule has 4 nitrogen and oxygen atoms in total. The number of carbonyl (C=O) groups is 1. The van der Waals surface area contributed by atoms with Gasteiger partial charge in [0.1, 0.15) is 17.3 Å². The van der Waals surface area contributed by atoms with Crippen molar-refractivity contribution in [1.82, 2.24) is 5.32 Å². The van der Waals surface area contributed by atoms with Gasteiger partial charge in [0.15, 0.2) is 0 Å². The molecule has 0 spiro atoms. The molecule has 1 amide bonds. The largest absolute Gasteiger partial charge is 0.508 e. The average Bonchev–Trinajstić information content (AvgIpc) is 2.40. The Kier molecular flexibility index (Phi) is 4.20. The van der Waals surface area contributed by atoms with Gasteiger partial charge in [-0.3, -0.25) is 4.79 Å². The maximum absolute atomic E-state index is 12.7. The molecule has 0 saturated heterocycles. The van der Waals surface area contributed by atoms with E-state index in [1.165, 1.54) is 24.3 Å². The van der Waals surface area contributed by atoms with E-state index in [-0.39, 0.29) is 22.9 Å². The van der Waals surface area contributed by atoms with Crippen LogP contribution in [0.3, 0.4) is 0 Å². The van der Waals surface area contributed by atoms with E-state index in [1.807, 2.05) is 0 Å². The molecule has 0 aliphatic carbocycles. The molecule has 3 N–H and O–H groups in total. The molecule has 0 aliphatic rings. The second kappa shape index (κ2) is 6.06. The van der Waals surface area contributed by atoms with Crippen molar-refractivity contribution < 1.29 is 19.4 Å². The quantitative estimate of drug-likeness (QED) is 0.801. The molecule has 5 heteroatoms. The first-order chi connectivity index (χ1) is 9.54. The zero-order valence-corrected chi connectivity index (χ0v) is 10.6. The van der Waals surface area contributed by atoms with Crippen LogP contribution >= 0.6 is 0 Å². The van der Waals surface area contributed by atoms with Gasteiger partial charge >= 0.3 is 0 Å². The Morgan fingerprint density at radius 3 is 2.25 bits per heavy atom. The molecule has 0 fully saturated rings. The molecule has 0 heterocycles. The van der Waals surface area contributed by atoms with Crippen molar-refractivity contribution >= 4 is 5.91 Å². The van der Waals surface area contributed by atoms with Crippen LogP contribution in [0.15, 0.2) is 42.5 Å². The summed E-state index contributed by atoms with van der Waals surface area (Å²) in [5.74, 6) is -1.03.